The maximum Gasteiger partial charge on any atom is 0.195 e. The highest BCUT2D eigenvalue weighted by Gasteiger charge is 2.35. The van der Waals surface area contributed by atoms with Crippen molar-refractivity contribution in [2.24, 2.45) is 0 Å². The summed E-state index contributed by atoms with van der Waals surface area (Å²) in [5.74, 6) is 13.2. The minimum absolute atomic E-state index is 0.00365. The van der Waals surface area contributed by atoms with E-state index < -0.39 is 0 Å². The predicted molar refractivity (Wildman–Crippen MR) is 189 cm³/mol. The summed E-state index contributed by atoms with van der Waals surface area (Å²) in [6, 6.07) is 56.3. The molecule has 0 radical (unpaired) electrons. The molecule has 0 N–H and O–H groups in total. The van der Waals surface area contributed by atoms with Crippen LogP contribution in [0.15, 0.2) is 170 Å². The first kappa shape index (κ1) is 28.4. The number of carbonyl (C=O) groups is 1. The maximum atomic E-state index is 14.7. The van der Waals surface area contributed by atoms with E-state index >= 15 is 0 Å². The zero-order valence-corrected chi connectivity index (χ0v) is 25.1. The molecule has 0 heterocycles. The molecule has 46 heavy (non-hydrogen) atoms. The molecule has 0 spiro atoms. The summed E-state index contributed by atoms with van der Waals surface area (Å²) in [6.07, 6.45) is 0. The topological polar surface area (TPSA) is 17.1 Å². The predicted octanol–water partition coefficient (Wildman–Crippen LogP) is 9.59. The van der Waals surface area contributed by atoms with Crippen molar-refractivity contribution in [1.82, 2.24) is 0 Å². The SMILES string of the molecule is O=C1C(c2ccccc2)=C(c2cccc(C#Cc3ccccc3)c2)C(c2cccc(C#Cc3ccccc3)c2)=C1c1ccccc1. The van der Waals surface area contributed by atoms with Crippen LogP contribution in [0.3, 0.4) is 0 Å². The normalized spacial score (nSPS) is 12.3. The highest BCUT2D eigenvalue weighted by atomic mass is 16.1. The summed E-state index contributed by atoms with van der Waals surface area (Å²) in [4.78, 5) is 14.7. The first-order chi connectivity index (χ1) is 22.7. The lowest BCUT2D eigenvalue weighted by molar-refractivity contribution is -0.108. The monoisotopic (exact) mass is 584 g/mol. The summed E-state index contributed by atoms with van der Waals surface area (Å²) in [6.45, 7) is 0. The molecule has 1 aliphatic carbocycles. The van der Waals surface area contributed by atoms with Crippen molar-refractivity contribution in [3.05, 3.63) is 214 Å². The van der Waals surface area contributed by atoms with Crippen molar-refractivity contribution in [3.63, 3.8) is 0 Å². The molecule has 0 atom stereocenters. The van der Waals surface area contributed by atoms with Gasteiger partial charge in [0.15, 0.2) is 5.78 Å². The van der Waals surface area contributed by atoms with E-state index in [1.165, 1.54) is 0 Å². The van der Waals surface area contributed by atoms with Crippen LogP contribution >= 0.6 is 0 Å². The van der Waals surface area contributed by atoms with Crippen molar-refractivity contribution in [2.45, 2.75) is 0 Å². The fraction of sp³-hybridized carbons (Fsp3) is 0. The average Bonchev–Trinajstić information content (AvgIpc) is 3.44. The fourth-order valence-corrected chi connectivity index (χ4v) is 5.78. The molecule has 0 aromatic heterocycles. The van der Waals surface area contributed by atoms with Gasteiger partial charge in [-0.25, -0.2) is 0 Å². The van der Waals surface area contributed by atoms with E-state index in [1.54, 1.807) is 0 Å². The number of Topliss-reactive ketones (excluding diaryl/α,β-unsaturated/α-hetero) is 1. The Kier molecular flexibility index (Phi) is 8.06. The summed E-state index contributed by atoms with van der Waals surface area (Å²) in [5.41, 5.74) is 10.5. The zero-order valence-electron chi connectivity index (χ0n) is 25.1. The second kappa shape index (κ2) is 13.1. The molecule has 0 fully saturated rings. The third-order valence-electron chi connectivity index (χ3n) is 7.88. The Hall–Kier alpha value is -6.41. The molecule has 0 unspecified atom stereocenters. The van der Waals surface area contributed by atoms with E-state index in [9.17, 15) is 4.79 Å². The van der Waals surface area contributed by atoms with Gasteiger partial charge in [0.1, 0.15) is 0 Å². The molecule has 0 bridgehead atoms. The standard InChI is InChI=1S/C45H28O/c46-45-43(37-21-9-3-10-22-37)41(39-25-13-19-35(31-39)29-27-33-15-5-1-6-16-33)42(44(45)38-23-11-4-12-24-38)40-26-14-20-36(32-40)30-28-34-17-7-2-8-18-34/h1-26,31-32H. The van der Waals surface area contributed by atoms with Gasteiger partial charge in [0, 0.05) is 44.5 Å². The molecule has 6 aromatic rings. The number of hydrogen-bond acceptors (Lipinski definition) is 1. The second-order valence-electron chi connectivity index (χ2n) is 11.0. The molecule has 6 aromatic carbocycles. The minimum atomic E-state index is 0.00365. The van der Waals surface area contributed by atoms with Crippen molar-refractivity contribution in [3.8, 4) is 23.7 Å². The summed E-state index contributed by atoms with van der Waals surface area (Å²) < 4.78 is 0. The maximum absolute atomic E-state index is 14.7. The van der Waals surface area contributed by atoms with Gasteiger partial charge >= 0.3 is 0 Å². The van der Waals surface area contributed by atoms with Gasteiger partial charge < -0.3 is 0 Å². The van der Waals surface area contributed by atoms with Crippen LogP contribution in [-0.4, -0.2) is 5.78 Å². The third-order valence-corrected chi connectivity index (χ3v) is 7.88. The molecule has 0 amide bonds. The van der Waals surface area contributed by atoms with Crippen molar-refractivity contribution in [1.29, 1.82) is 0 Å². The largest absolute Gasteiger partial charge is 0.289 e. The molecule has 1 aliphatic rings. The molecule has 7 rings (SSSR count). The summed E-state index contributed by atoms with van der Waals surface area (Å²) in [5, 5.41) is 0. The number of rotatable bonds is 4. The number of carbonyl (C=O) groups excluding carboxylic acids is 1. The fourth-order valence-electron chi connectivity index (χ4n) is 5.78. The molecular weight excluding hydrogens is 556 g/mol. The van der Waals surface area contributed by atoms with Crippen LogP contribution in [0, 0.1) is 23.7 Å². The van der Waals surface area contributed by atoms with Gasteiger partial charge in [-0.1, -0.05) is 145 Å². The smallest absolute Gasteiger partial charge is 0.195 e. The molecular formula is C45H28O. The quantitative estimate of drug-likeness (QED) is 0.189. The lowest BCUT2D eigenvalue weighted by Crippen LogP contribution is -2.01. The average molecular weight is 585 g/mol. The van der Waals surface area contributed by atoms with E-state index in [4.69, 9.17) is 0 Å². The van der Waals surface area contributed by atoms with E-state index in [0.717, 1.165) is 55.7 Å². The van der Waals surface area contributed by atoms with E-state index in [0.29, 0.717) is 11.1 Å². The molecule has 0 saturated carbocycles. The molecule has 0 saturated heterocycles. The molecule has 0 aliphatic heterocycles. The van der Waals surface area contributed by atoms with Crippen LogP contribution in [0.5, 0.6) is 0 Å². The summed E-state index contributed by atoms with van der Waals surface area (Å²) in [7, 11) is 0. The molecule has 1 heteroatoms. The van der Waals surface area contributed by atoms with Crippen molar-refractivity contribution >= 4 is 28.1 Å². The number of benzene rings is 6. The van der Waals surface area contributed by atoms with Gasteiger partial charge in [0.05, 0.1) is 0 Å². The van der Waals surface area contributed by atoms with Crippen LogP contribution < -0.4 is 0 Å². The van der Waals surface area contributed by atoms with Crippen molar-refractivity contribution < 1.29 is 4.79 Å². The highest BCUT2D eigenvalue weighted by Crippen LogP contribution is 2.49. The Labute approximate surface area is 270 Å². The Morgan fingerprint density at radius 1 is 0.283 bits per heavy atom. The first-order valence-corrected chi connectivity index (χ1v) is 15.2. The third kappa shape index (κ3) is 6.00. The lowest BCUT2D eigenvalue weighted by atomic mass is 9.88. The van der Waals surface area contributed by atoms with Crippen LogP contribution in [0.25, 0.3) is 22.3 Å². The van der Waals surface area contributed by atoms with E-state index in [2.05, 4.69) is 47.9 Å². The Morgan fingerprint density at radius 2 is 0.587 bits per heavy atom. The van der Waals surface area contributed by atoms with Crippen LogP contribution in [0.1, 0.15) is 44.5 Å². The number of hydrogen-bond donors (Lipinski definition) is 0. The van der Waals surface area contributed by atoms with Gasteiger partial charge in [-0.15, -0.1) is 0 Å². The van der Waals surface area contributed by atoms with Gasteiger partial charge in [-0.05, 0) is 70.8 Å². The Balaban J connectivity index is 1.45. The number of allylic oxidation sites excluding steroid dienone is 4. The Bertz CT molecular complexity index is 2070. The second-order valence-corrected chi connectivity index (χ2v) is 11.0. The molecule has 214 valence electrons. The van der Waals surface area contributed by atoms with Gasteiger partial charge in [-0.3, -0.25) is 4.79 Å². The van der Waals surface area contributed by atoms with Crippen LogP contribution in [0.2, 0.25) is 0 Å². The van der Waals surface area contributed by atoms with Gasteiger partial charge in [0.2, 0.25) is 0 Å². The highest BCUT2D eigenvalue weighted by molar-refractivity contribution is 6.59. The lowest BCUT2D eigenvalue weighted by Gasteiger charge is -2.14. The van der Waals surface area contributed by atoms with Crippen molar-refractivity contribution in [2.75, 3.05) is 0 Å². The minimum Gasteiger partial charge on any atom is -0.289 e. The zero-order chi connectivity index (χ0) is 31.1. The van der Waals surface area contributed by atoms with E-state index in [-0.39, 0.29) is 5.78 Å². The molecule has 1 nitrogen and oxygen atoms in total. The Morgan fingerprint density at radius 3 is 0.978 bits per heavy atom. The van der Waals surface area contributed by atoms with Crippen LogP contribution in [-0.2, 0) is 4.79 Å². The van der Waals surface area contributed by atoms with Gasteiger partial charge in [-0.2, -0.15) is 0 Å². The first-order valence-electron chi connectivity index (χ1n) is 15.2. The van der Waals surface area contributed by atoms with E-state index in [1.807, 2.05) is 146 Å². The number of ketones is 1. The summed E-state index contributed by atoms with van der Waals surface area (Å²) >= 11 is 0. The van der Waals surface area contributed by atoms with Crippen LogP contribution in [0.4, 0.5) is 0 Å². The van der Waals surface area contributed by atoms with Gasteiger partial charge in [0.25, 0.3) is 0 Å².